The molecule has 7 nitrogen and oxygen atoms in total. The number of fused-ring (bicyclic) bond motifs is 2. The van der Waals surface area contributed by atoms with Crippen molar-refractivity contribution in [1.82, 2.24) is 14.6 Å². The van der Waals surface area contributed by atoms with Gasteiger partial charge in [0, 0.05) is 23.2 Å². The third kappa shape index (κ3) is 2.41. The van der Waals surface area contributed by atoms with E-state index in [2.05, 4.69) is 10.1 Å². The molecule has 26 heavy (non-hydrogen) atoms. The first kappa shape index (κ1) is 16.2. The molecule has 0 bridgehead atoms. The molecule has 0 spiro atoms. The van der Waals surface area contributed by atoms with Crippen LogP contribution < -0.4 is 10.3 Å². The van der Waals surface area contributed by atoms with Crippen molar-refractivity contribution in [3.63, 3.8) is 0 Å². The Hall–Kier alpha value is -3.32. The third-order valence-corrected chi connectivity index (χ3v) is 4.49. The fourth-order valence-corrected chi connectivity index (χ4v) is 3.24. The van der Waals surface area contributed by atoms with Crippen LogP contribution in [0.4, 0.5) is 0 Å². The van der Waals surface area contributed by atoms with Crippen molar-refractivity contribution in [3.8, 4) is 17.0 Å². The minimum absolute atomic E-state index is 0.0352. The van der Waals surface area contributed by atoms with E-state index in [4.69, 9.17) is 16.3 Å². The van der Waals surface area contributed by atoms with Crippen LogP contribution in [0.25, 0.3) is 27.5 Å². The number of ether oxygens (including phenoxy) is 1. The predicted octanol–water partition coefficient (Wildman–Crippen LogP) is 3.20. The number of halogens is 1. The Morgan fingerprint density at radius 1 is 1.23 bits per heavy atom. The van der Waals surface area contributed by atoms with Crippen LogP contribution in [0.1, 0.15) is 10.5 Å². The van der Waals surface area contributed by atoms with Crippen LogP contribution in [-0.2, 0) is 0 Å². The zero-order chi connectivity index (χ0) is 18.4. The van der Waals surface area contributed by atoms with Crippen LogP contribution in [0.15, 0.2) is 47.3 Å². The van der Waals surface area contributed by atoms with Crippen molar-refractivity contribution in [2.75, 3.05) is 7.11 Å². The number of carboxylic acid groups (broad SMARTS) is 1. The molecule has 8 heteroatoms. The normalized spacial score (nSPS) is 11.2. The van der Waals surface area contributed by atoms with Crippen LogP contribution in [0.2, 0.25) is 5.02 Å². The van der Waals surface area contributed by atoms with Crippen LogP contribution in [0, 0.1) is 0 Å². The van der Waals surface area contributed by atoms with Gasteiger partial charge in [-0.15, -0.1) is 0 Å². The van der Waals surface area contributed by atoms with Gasteiger partial charge in [-0.3, -0.25) is 4.79 Å². The predicted molar refractivity (Wildman–Crippen MR) is 97.3 cm³/mol. The van der Waals surface area contributed by atoms with Gasteiger partial charge in [0.05, 0.1) is 12.6 Å². The summed E-state index contributed by atoms with van der Waals surface area (Å²) in [6.45, 7) is 0. The molecule has 0 aliphatic heterocycles. The summed E-state index contributed by atoms with van der Waals surface area (Å²) in [6, 6.07) is 12.1. The molecular formula is C18H12ClN3O4. The highest BCUT2D eigenvalue weighted by atomic mass is 35.5. The van der Waals surface area contributed by atoms with Crippen molar-refractivity contribution in [3.05, 3.63) is 63.5 Å². The van der Waals surface area contributed by atoms with Gasteiger partial charge >= 0.3 is 5.97 Å². The Morgan fingerprint density at radius 2 is 2.04 bits per heavy atom. The quantitative estimate of drug-likeness (QED) is 0.578. The standard InChI is InChI=1S/C18H12ClN3O4/c1-26-14-7-4-11(17-15(19)16(18(24)25)21-22(14)17)9-2-5-12-10(8-9)3-6-13(23)20-12/h2-8H,1H3,(H,20,23)(H,24,25). The first-order valence-electron chi connectivity index (χ1n) is 7.61. The lowest BCUT2D eigenvalue weighted by Gasteiger charge is -2.09. The lowest BCUT2D eigenvalue weighted by molar-refractivity contribution is 0.0690. The molecule has 0 aliphatic carbocycles. The number of aromatic nitrogens is 3. The van der Waals surface area contributed by atoms with Gasteiger partial charge in [-0.2, -0.15) is 9.61 Å². The zero-order valence-electron chi connectivity index (χ0n) is 13.5. The first-order valence-corrected chi connectivity index (χ1v) is 7.99. The largest absolute Gasteiger partial charge is 0.481 e. The smallest absolute Gasteiger partial charge is 0.358 e. The Morgan fingerprint density at radius 3 is 2.77 bits per heavy atom. The Balaban J connectivity index is 2.04. The van der Waals surface area contributed by atoms with E-state index in [0.717, 1.165) is 10.9 Å². The van der Waals surface area contributed by atoms with E-state index in [1.165, 1.54) is 17.7 Å². The highest BCUT2D eigenvalue weighted by molar-refractivity contribution is 6.37. The summed E-state index contributed by atoms with van der Waals surface area (Å²) in [6.07, 6.45) is 0. The molecule has 2 N–H and O–H groups in total. The number of aromatic amines is 1. The van der Waals surface area contributed by atoms with Crippen LogP contribution in [0.3, 0.4) is 0 Å². The SMILES string of the molecule is COc1ccc(-c2ccc3[nH]c(=O)ccc3c2)c2c(Cl)c(C(=O)O)nn12. The molecular weight excluding hydrogens is 358 g/mol. The molecule has 0 atom stereocenters. The van der Waals surface area contributed by atoms with E-state index in [9.17, 15) is 14.7 Å². The van der Waals surface area contributed by atoms with Crippen LogP contribution >= 0.6 is 11.6 Å². The molecule has 1 aromatic carbocycles. The number of carbonyl (C=O) groups is 1. The molecule has 0 saturated heterocycles. The number of benzene rings is 1. The number of nitrogens with one attached hydrogen (secondary N) is 1. The van der Waals surface area contributed by atoms with Gasteiger partial charge in [-0.1, -0.05) is 17.7 Å². The number of aromatic carboxylic acids is 1. The van der Waals surface area contributed by atoms with Crippen molar-refractivity contribution in [1.29, 1.82) is 0 Å². The maximum absolute atomic E-state index is 11.4. The third-order valence-electron chi connectivity index (χ3n) is 4.13. The average Bonchev–Trinajstić information content (AvgIpc) is 2.98. The maximum Gasteiger partial charge on any atom is 0.358 e. The number of rotatable bonds is 3. The van der Waals surface area contributed by atoms with Gasteiger partial charge in [0.2, 0.25) is 11.4 Å². The lowest BCUT2D eigenvalue weighted by atomic mass is 10.0. The highest BCUT2D eigenvalue weighted by Crippen LogP contribution is 2.35. The van der Waals surface area contributed by atoms with E-state index < -0.39 is 5.97 Å². The molecule has 3 aromatic heterocycles. The maximum atomic E-state index is 11.4. The summed E-state index contributed by atoms with van der Waals surface area (Å²) in [5.74, 6) is -0.856. The van der Waals surface area contributed by atoms with Gasteiger partial charge in [-0.25, -0.2) is 4.79 Å². The number of nitrogens with zero attached hydrogens (tertiary/aromatic N) is 2. The summed E-state index contributed by atoms with van der Waals surface area (Å²) in [7, 11) is 1.47. The second kappa shape index (κ2) is 5.89. The minimum atomic E-state index is -1.22. The first-order chi connectivity index (χ1) is 12.5. The van der Waals surface area contributed by atoms with E-state index in [1.807, 2.05) is 12.1 Å². The Kier molecular flexibility index (Phi) is 3.66. The van der Waals surface area contributed by atoms with Crippen molar-refractivity contribution >= 4 is 34.0 Å². The molecule has 0 aliphatic rings. The van der Waals surface area contributed by atoms with Gasteiger partial charge in [0.15, 0.2) is 5.69 Å². The molecule has 0 unspecified atom stereocenters. The van der Waals surface area contributed by atoms with E-state index in [1.54, 1.807) is 24.3 Å². The summed E-state index contributed by atoms with van der Waals surface area (Å²) in [5.41, 5.74) is 2.22. The number of carboxylic acids is 1. The summed E-state index contributed by atoms with van der Waals surface area (Å²) >= 11 is 6.31. The van der Waals surface area contributed by atoms with E-state index >= 15 is 0 Å². The summed E-state index contributed by atoms with van der Waals surface area (Å²) in [4.78, 5) is 25.6. The molecule has 0 amide bonds. The summed E-state index contributed by atoms with van der Waals surface area (Å²) in [5, 5.41) is 14.3. The minimum Gasteiger partial charge on any atom is -0.481 e. The van der Waals surface area contributed by atoms with Crippen molar-refractivity contribution < 1.29 is 14.6 Å². The Labute approximate surface area is 151 Å². The molecule has 130 valence electrons. The molecule has 0 fully saturated rings. The molecule has 4 rings (SSSR count). The molecule has 0 radical (unpaired) electrons. The average molecular weight is 370 g/mol. The zero-order valence-corrected chi connectivity index (χ0v) is 14.2. The van der Waals surface area contributed by atoms with Gasteiger partial charge in [0.25, 0.3) is 0 Å². The molecule has 4 aromatic rings. The van der Waals surface area contributed by atoms with Crippen molar-refractivity contribution in [2.24, 2.45) is 0 Å². The number of hydrogen-bond acceptors (Lipinski definition) is 4. The summed E-state index contributed by atoms with van der Waals surface area (Å²) < 4.78 is 6.63. The number of pyridine rings is 2. The number of methoxy groups -OCH3 is 1. The lowest BCUT2D eigenvalue weighted by Crippen LogP contribution is -2.02. The second-order valence-electron chi connectivity index (χ2n) is 5.64. The van der Waals surface area contributed by atoms with Gasteiger partial charge in [-0.05, 0) is 35.2 Å². The number of H-pyrrole nitrogens is 1. The Bertz CT molecular complexity index is 1240. The van der Waals surface area contributed by atoms with Gasteiger partial charge in [0.1, 0.15) is 5.02 Å². The van der Waals surface area contributed by atoms with E-state index in [0.29, 0.717) is 22.5 Å². The van der Waals surface area contributed by atoms with E-state index in [-0.39, 0.29) is 16.3 Å². The van der Waals surface area contributed by atoms with Gasteiger partial charge < -0.3 is 14.8 Å². The topological polar surface area (TPSA) is 96.7 Å². The fourth-order valence-electron chi connectivity index (χ4n) is 2.94. The van der Waals surface area contributed by atoms with Crippen LogP contribution in [0.5, 0.6) is 5.88 Å². The molecule has 3 heterocycles. The monoisotopic (exact) mass is 369 g/mol. The fraction of sp³-hybridized carbons (Fsp3) is 0.0556. The van der Waals surface area contributed by atoms with Crippen molar-refractivity contribution in [2.45, 2.75) is 0 Å². The van der Waals surface area contributed by atoms with Crippen LogP contribution in [-0.4, -0.2) is 32.8 Å². The second-order valence-corrected chi connectivity index (χ2v) is 6.02. The highest BCUT2D eigenvalue weighted by Gasteiger charge is 2.22. The molecule has 0 saturated carbocycles. The number of hydrogen-bond donors (Lipinski definition) is 2.